The smallest absolute Gasteiger partial charge is 0.227 e. The van der Waals surface area contributed by atoms with Gasteiger partial charge < -0.3 is 20.1 Å². The maximum absolute atomic E-state index is 13.1. The lowest BCUT2D eigenvalue weighted by molar-refractivity contribution is -0.134. The van der Waals surface area contributed by atoms with Crippen LogP contribution in [0.1, 0.15) is 36.4 Å². The number of likely N-dealkylation sites (tertiary alicyclic amines) is 1. The lowest BCUT2D eigenvalue weighted by Crippen LogP contribution is -2.39. The molecule has 1 heterocycles. The van der Waals surface area contributed by atoms with Gasteiger partial charge in [0.15, 0.2) is 0 Å². The summed E-state index contributed by atoms with van der Waals surface area (Å²) in [4.78, 5) is 15.1. The molecule has 1 amide bonds. The molecule has 5 heteroatoms. The fraction of sp³-hybridized carbons (Fsp3) is 0.409. The molecule has 0 aliphatic carbocycles. The number of hydrogen-bond donors (Lipinski definition) is 1. The number of carbonyl (C=O) groups is 1. The van der Waals surface area contributed by atoms with Gasteiger partial charge in [0.2, 0.25) is 5.91 Å². The number of carbonyl (C=O) groups excluding carboxylic acids is 1. The molecule has 1 aliphatic rings. The Morgan fingerprint density at radius 1 is 1.15 bits per heavy atom. The zero-order chi connectivity index (χ0) is 19.1. The highest BCUT2D eigenvalue weighted by Crippen LogP contribution is 2.33. The summed E-state index contributed by atoms with van der Waals surface area (Å²) in [5, 5.41) is 0. The standard InChI is InChI=1S/C22H28N2O3/c1-26-19-8-5-7-18(16-19)21-10-2-3-12-24(21)22(25)15-17-6-4-9-20(14-17)27-13-11-23/h4-9,14,16,21H,2-3,10-13,15,23H2,1H3/t21-/m1/s1. The zero-order valence-electron chi connectivity index (χ0n) is 15.9. The Balaban J connectivity index is 1.73. The minimum absolute atomic E-state index is 0.109. The van der Waals surface area contributed by atoms with Crippen LogP contribution < -0.4 is 15.2 Å². The van der Waals surface area contributed by atoms with Gasteiger partial charge in [-0.25, -0.2) is 0 Å². The van der Waals surface area contributed by atoms with Crippen LogP contribution >= 0.6 is 0 Å². The van der Waals surface area contributed by atoms with Crippen LogP contribution in [0.4, 0.5) is 0 Å². The molecular formula is C22H28N2O3. The SMILES string of the molecule is COc1cccc([C@H]2CCCCN2C(=O)Cc2cccc(OCCN)c2)c1. The van der Waals surface area contributed by atoms with Crippen molar-refractivity contribution in [3.05, 3.63) is 59.7 Å². The molecule has 0 radical (unpaired) electrons. The van der Waals surface area contributed by atoms with E-state index in [9.17, 15) is 4.79 Å². The molecule has 1 fully saturated rings. The average Bonchev–Trinajstić information content (AvgIpc) is 2.72. The molecule has 144 valence electrons. The van der Waals surface area contributed by atoms with Crippen molar-refractivity contribution in [3.8, 4) is 11.5 Å². The summed E-state index contributed by atoms with van der Waals surface area (Å²) >= 11 is 0. The van der Waals surface area contributed by atoms with E-state index in [0.29, 0.717) is 19.6 Å². The largest absolute Gasteiger partial charge is 0.497 e. The van der Waals surface area contributed by atoms with Crippen molar-refractivity contribution in [1.82, 2.24) is 4.90 Å². The number of amides is 1. The Kier molecular flexibility index (Phi) is 6.71. The van der Waals surface area contributed by atoms with Crippen molar-refractivity contribution in [2.75, 3.05) is 26.8 Å². The summed E-state index contributed by atoms with van der Waals surface area (Å²) in [5.74, 6) is 1.74. The third kappa shape index (κ3) is 5.01. The number of nitrogens with two attached hydrogens (primary N) is 1. The van der Waals surface area contributed by atoms with Crippen LogP contribution in [0.25, 0.3) is 0 Å². The average molecular weight is 368 g/mol. The predicted octanol–water partition coefficient (Wildman–Crippen LogP) is 3.33. The molecule has 1 saturated heterocycles. The maximum Gasteiger partial charge on any atom is 0.227 e. The van der Waals surface area contributed by atoms with E-state index < -0.39 is 0 Å². The molecule has 0 saturated carbocycles. The summed E-state index contributed by atoms with van der Waals surface area (Å²) < 4.78 is 10.9. The number of piperidine rings is 1. The molecule has 0 bridgehead atoms. The molecule has 2 N–H and O–H groups in total. The van der Waals surface area contributed by atoms with Gasteiger partial charge in [0.25, 0.3) is 0 Å². The second-order valence-corrected chi connectivity index (χ2v) is 6.84. The molecule has 1 aliphatic heterocycles. The van der Waals surface area contributed by atoms with Crippen LogP contribution in [0.2, 0.25) is 0 Å². The second kappa shape index (κ2) is 9.42. The van der Waals surface area contributed by atoms with Gasteiger partial charge in [-0.3, -0.25) is 4.79 Å². The number of rotatable bonds is 7. The summed E-state index contributed by atoms with van der Waals surface area (Å²) in [7, 11) is 1.67. The number of nitrogens with zero attached hydrogens (tertiary/aromatic N) is 1. The van der Waals surface area contributed by atoms with Gasteiger partial charge in [0.05, 0.1) is 19.6 Å². The van der Waals surface area contributed by atoms with Crippen molar-refractivity contribution in [2.24, 2.45) is 5.73 Å². The molecule has 27 heavy (non-hydrogen) atoms. The molecule has 2 aromatic rings. The molecule has 1 atom stereocenters. The highest BCUT2D eigenvalue weighted by molar-refractivity contribution is 5.79. The third-order valence-corrected chi connectivity index (χ3v) is 4.94. The van der Waals surface area contributed by atoms with E-state index in [0.717, 1.165) is 48.4 Å². The quantitative estimate of drug-likeness (QED) is 0.814. The van der Waals surface area contributed by atoms with Crippen LogP contribution in [0.5, 0.6) is 11.5 Å². The zero-order valence-corrected chi connectivity index (χ0v) is 15.9. The maximum atomic E-state index is 13.1. The fourth-order valence-electron chi connectivity index (χ4n) is 3.62. The minimum Gasteiger partial charge on any atom is -0.497 e. The Morgan fingerprint density at radius 3 is 2.78 bits per heavy atom. The number of methoxy groups -OCH3 is 1. The highest BCUT2D eigenvalue weighted by Gasteiger charge is 2.28. The van der Waals surface area contributed by atoms with Crippen molar-refractivity contribution in [2.45, 2.75) is 31.7 Å². The molecule has 0 unspecified atom stereocenters. The lowest BCUT2D eigenvalue weighted by Gasteiger charge is -2.36. The molecule has 0 aromatic heterocycles. The summed E-state index contributed by atoms with van der Waals surface area (Å²) in [5.41, 5.74) is 7.59. The first-order chi connectivity index (χ1) is 13.2. The van der Waals surface area contributed by atoms with Gasteiger partial charge in [-0.05, 0) is 54.7 Å². The van der Waals surface area contributed by atoms with E-state index in [1.165, 1.54) is 0 Å². The molecular weight excluding hydrogens is 340 g/mol. The molecule has 5 nitrogen and oxygen atoms in total. The fourth-order valence-corrected chi connectivity index (χ4v) is 3.62. The third-order valence-electron chi connectivity index (χ3n) is 4.94. The monoisotopic (exact) mass is 368 g/mol. The predicted molar refractivity (Wildman–Crippen MR) is 106 cm³/mol. The van der Waals surface area contributed by atoms with Crippen LogP contribution in [0.15, 0.2) is 48.5 Å². The van der Waals surface area contributed by atoms with Gasteiger partial charge >= 0.3 is 0 Å². The first-order valence-electron chi connectivity index (χ1n) is 9.56. The van der Waals surface area contributed by atoms with Crippen LogP contribution in [-0.2, 0) is 11.2 Å². The number of benzene rings is 2. The van der Waals surface area contributed by atoms with Crippen LogP contribution in [0, 0.1) is 0 Å². The summed E-state index contributed by atoms with van der Waals surface area (Å²) in [6.45, 7) is 1.74. The van der Waals surface area contributed by atoms with Gasteiger partial charge in [-0.2, -0.15) is 0 Å². The first-order valence-corrected chi connectivity index (χ1v) is 9.56. The Bertz CT molecular complexity index is 763. The Morgan fingerprint density at radius 2 is 1.96 bits per heavy atom. The van der Waals surface area contributed by atoms with Crippen molar-refractivity contribution in [1.29, 1.82) is 0 Å². The van der Waals surface area contributed by atoms with Gasteiger partial charge in [-0.15, -0.1) is 0 Å². The normalized spacial score (nSPS) is 16.8. The van der Waals surface area contributed by atoms with E-state index in [2.05, 4.69) is 6.07 Å². The first kappa shape index (κ1) is 19.2. The molecule has 3 rings (SSSR count). The molecule has 0 spiro atoms. The molecule has 2 aromatic carbocycles. The van der Waals surface area contributed by atoms with Crippen molar-refractivity contribution < 1.29 is 14.3 Å². The summed E-state index contributed by atoms with van der Waals surface area (Å²) in [6.07, 6.45) is 3.54. The summed E-state index contributed by atoms with van der Waals surface area (Å²) in [6, 6.07) is 15.9. The Hall–Kier alpha value is -2.53. The van der Waals surface area contributed by atoms with E-state index >= 15 is 0 Å². The van der Waals surface area contributed by atoms with E-state index in [-0.39, 0.29) is 11.9 Å². The van der Waals surface area contributed by atoms with E-state index in [4.69, 9.17) is 15.2 Å². The topological polar surface area (TPSA) is 64.8 Å². The van der Waals surface area contributed by atoms with Gasteiger partial charge in [-0.1, -0.05) is 24.3 Å². The van der Waals surface area contributed by atoms with E-state index in [1.807, 2.05) is 47.4 Å². The highest BCUT2D eigenvalue weighted by atomic mass is 16.5. The lowest BCUT2D eigenvalue weighted by atomic mass is 9.94. The van der Waals surface area contributed by atoms with Gasteiger partial charge in [0, 0.05) is 13.1 Å². The van der Waals surface area contributed by atoms with Crippen molar-refractivity contribution >= 4 is 5.91 Å². The number of ether oxygens (including phenoxy) is 2. The van der Waals surface area contributed by atoms with Crippen LogP contribution in [0.3, 0.4) is 0 Å². The van der Waals surface area contributed by atoms with Gasteiger partial charge in [0.1, 0.15) is 18.1 Å². The number of hydrogen-bond acceptors (Lipinski definition) is 4. The van der Waals surface area contributed by atoms with Crippen LogP contribution in [-0.4, -0.2) is 37.6 Å². The minimum atomic E-state index is 0.109. The van der Waals surface area contributed by atoms with E-state index in [1.54, 1.807) is 7.11 Å². The Labute approximate surface area is 161 Å². The van der Waals surface area contributed by atoms with Crippen molar-refractivity contribution in [3.63, 3.8) is 0 Å². The second-order valence-electron chi connectivity index (χ2n) is 6.84.